The van der Waals surface area contributed by atoms with Crippen LogP contribution < -0.4 is 0 Å². The molecule has 0 unspecified atom stereocenters. The lowest BCUT2D eigenvalue weighted by atomic mass is 10.0. The van der Waals surface area contributed by atoms with E-state index in [1.807, 2.05) is 0 Å². The monoisotopic (exact) mass is 372 g/mol. The second kappa shape index (κ2) is 18.6. The summed E-state index contributed by atoms with van der Waals surface area (Å²) >= 11 is 0. The minimum Gasteiger partial charge on any atom is -0.0801 e. The fraction of sp³-hybridized carbons (Fsp3) is 0.778. The molecule has 0 radical (unpaired) electrons. The summed E-state index contributed by atoms with van der Waals surface area (Å²) in [5, 5.41) is 0. The highest BCUT2D eigenvalue weighted by molar-refractivity contribution is 5.47. The van der Waals surface area contributed by atoms with Crippen molar-refractivity contribution in [2.45, 2.75) is 136 Å². The summed E-state index contributed by atoms with van der Waals surface area (Å²) in [5.41, 5.74) is 3.00. The van der Waals surface area contributed by atoms with E-state index in [-0.39, 0.29) is 0 Å². The Bertz CT molecular complexity index is 410. The van der Waals surface area contributed by atoms with E-state index in [0.717, 1.165) is 0 Å². The molecule has 0 spiro atoms. The largest absolute Gasteiger partial charge is 0.0801 e. The van der Waals surface area contributed by atoms with Gasteiger partial charge in [-0.05, 0) is 30.9 Å². The van der Waals surface area contributed by atoms with Crippen LogP contribution in [-0.4, -0.2) is 0 Å². The molecule has 0 heterocycles. The summed E-state index contributed by atoms with van der Waals surface area (Å²) in [5.74, 6) is 0. The lowest BCUT2D eigenvalue weighted by Gasteiger charge is -2.05. The highest BCUT2D eigenvalue weighted by atomic mass is 14.1. The van der Waals surface area contributed by atoms with E-state index in [1.165, 1.54) is 128 Å². The molecule has 0 aromatic heterocycles. The summed E-state index contributed by atoms with van der Waals surface area (Å²) in [4.78, 5) is 0. The van der Waals surface area contributed by atoms with Gasteiger partial charge in [-0.25, -0.2) is 0 Å². The zero-order chi connectivity index (χ0) is 19.4. The van der Waals surface area contributed by atoms with Gasteiger partial charge in [0.15, 0.2) is 0 Å². The molecule has 0 saturated carbocycles. The average molecular weight is 373 g/mol. The van der Waals surface area contributed by atoms with Crippen LogP contribution in [0.15, 0.2) is 35.5 Å². The molecule has 1 aliphatic carbocycles. The maximum Gasteiger partial charge on any atom is -0.0267 e. The third-order valence-corrected chi connectivity index (χ3v) is 6.05. The number of hydrogen-bond donors (Lipinski definition) is 0. The topological polar surface area (TPSA) is 0 Å². The van der Waals surface area contributed by atoms with Gasteiger partial charge in [-0.15, -0.1) is 0 Å². The van der Waals surface area contributed by atoms with Gasteiger partial charge >= 0.3 is 0 Å². The molecule has 0 saturated heterocycles. The van der Waals surface area contributed by atoms with Crippen LogP contribution in [-0.2, 0) is 0 Å². The van der Waals surface area contributed by atoms with Gasteiger partial charge in [0.25, 0.3) is 0 Å². The van der Waals surface area contributed by atoms with Crippen molar-refractivity contribution < 1.29 is 0 Å². The van der Waals surface area contributed by atoms with Crippen LogP contribution >= 0.6 is 0 Å². The predicted molar refractivity (Wildman–Crippen MR) is 124 cm³/mol. The smallest absolute Gasteiger partial charge is 0.0267 e. The van der Waals surface area contributed by atoms with Gasteiger partial charge < -0.3 is 0 Å². The second-order valence-electron chi connectivity index (χ2n) is 8.56. The van der Waals surface area contributed by atoms with Crippen molar-refractivity contribution >= 4 is 0 Å². The van der Waals surface area contributed by atoms with Crippen LogP contribution in [0.2, 0.25) is 0 Å². The third kappa shape index (κ3) is 14.0. The van der Waals surface area contributed by atoms with Crippen molar-refractivity contribution in [3.05, 3.63) is 35.5 Å². The maximum atomic E-state index is 2.30. The SMILES string of the molecule is CC=C1C=CC=C1CCCCCCCCCCCCCCCCCCCC. The highest BCUT2D eigenvalue weighted by Gasteiger charge is 2.04. The van der Waals surface area contributed by atoms with E-state index in [0.29, 0.717) is 0 Å². The summed E-state index contributed by atoms with van der Waals surface area (Å²) in [6.07, 6.45) is 36.4. The summed E-state index contributed by atoms with van der Waals surface area (Å²) < 4.78 is 0. The van der Waals surface area contributed by atoms with Crippen molar-refractivity contribution in [3.8, 4) is 0 Å². The van der Waals surface area contributed by atoms with Crippen molar-refractivity contribution in [3.63, 3.8) is 0 Å². The Hall–Kier alpha value is -0.780. The molecule has 0 atom stereocenters. The summed E-state index contributed by atoms with van der Waals surface area (Å²) in [6, 6.07) is 0. The quantitative estimate of drug-likeness (QED) is 0.198. The molecule has 1 aliphatic rings. The van der Waals surface area contributed by atoms with Gasteiger partial charge in [0, 0.05) is 0 Å². The normalized spacial score (nSPS) is 15.0. The molecular weight excluding hydrogens is 324 g/mol. The molecule has 0 aromatic rings. The zero-order valence-corrected chi connectivity index (χ0v) is 18.7. The molecular formula is C27H48. The van der Waals surface area contributed by atoms with E-state index in [9.17, 15) is 0 Å². The van der Waals surface area contributed by atoms with Crippen LogP contribution in [0.5, 0.6) is 0 Å². The molecule has 0 amide bonds. The van der Waals surface area contributed by atoms with Crippen molar-refractivity contribution in [2.75, 3.05) is 0 Å². The first-order valence-corrected chi connectivity index (χ1v) is 12.4. The zero-order valence-electron chi connectivity index (χ0n) is 18.7. The first kappa shape index (κ1) is 24.3. The highest BCUT2D eigenvalue weighted by Crippen LogP contribution is 2.24. The first-order chi connectivity index (χ1) is 13.4. The van der Waals surface area contributed by atoms with Gasteiger partial charge in [-0.2, -0.15) is 0 Å². The van der Waals surface area contributed by atoms with E-state index in [2.05, 4.69) is 38.2 Å². The molecule has 0 heteroatoms. The molecule has 27 heavy (non-hydrogen) atoms. The Morgan fingerprint density at radius 1 is 0.593 bits per heavy atom. The van der Waals surface area contributed by atoms with Gasteiger partial charge in [-0.1, -0.05) is 140 Å². The number of allylic oxidation sites excluding steroid dienone is 6. The minimum atomic E-state index is 1.27. The number of rotatable bonds is 19. The van der Waals surface area contributed by atoms with E-state index in [4.69, 9.17) is 0 Å². The Kier molecular flexibility index (Phi) is 16.7. The van der Waals surface area contributed by atoms with Gasteiger partial charge in [0.05, 0.1) is 0 Å². The lowest BCUT2D eigenvalue weighted by Crippen LogP contribution is -1.86. The Labute approximate surface area is 171 Å². The molecule has 0 fully saturated rings. The van der Waals surface area contributed by atoms with E-state index in [1.54, 1.807) is 5.57 Å². The summed E-state index contributed by atoms with van der Waals surface area (Å²) in [6.45, 7) is 4.45. The fourth-order valence-corrected chi connectivity index (χ4v) is 4.20. The van der Waals surface area contributed by atoms with Gasteiger partial charge in [-0.3, -0.25) is 0 Å². The predicted octanol–water partition coefficient (Wildman–Crippen LogP) is 9.86. The molecule has 1 rings (SSSR count). The molecule has 0 nitrogen and oxygen atoms in total. The average Bonchev–Trinajstić information content (AvgIpc) is 3.14. The van der Waals surface area contributed by atoms with Gasteiger partial charge in [0.2, 0.25) is 0 Å². The molecule has 0 bridgehead atoms. The third-order valence-electron chi connectivity index (χ3n) is 6.05. The van der Waals surface area contributed by atoms with Crippen molar-refractivity contribution in [1.29, 1.82) is 0 Å². The maximum absolute atomic E-state index is 2.30. The minimum absolute atomic E-state index is 1.27. The fourth-order valence-electron chi connectivity index (χ4n) is 4.20. The molecule has 0 aromatic carbocycles. The Morgan fingerprint density at radius 2 is 1.00 bits per heavy atom. The molecule has 156 valence electrons. The van der Waals surface area contributed by atoms with E-state index >= 15 is 0 Å². The molecule has 0 aliphatic heterocycles. The molecule has 0 N–H and O–H groups in total. The van der Waals surface area contributed by atoms with Crippen LogP contribution in [0.3, 0.4) is 0 Å². The number of unbranched alkanes of at least 4 members (excludes halogenated alkanes) is 17. The Morgan fingerprint density at radius 3 is 1.41 bits per heavy atom. The van der Waals surface area contributed by atoms with Gasteiger partial charge in [0.1, 0.15) is 0 Å². The standard InChI is InChI=1S/C27H48/c1-3-5-6-7-8-9-10-11-12-13-14-15-16-17-18-19-20-21-23-27-25-22-24-26(27)4-2/h4,22,24-25H,3,5-21,23H2,1-2H3. The van der Waals surface area contributed by atoms with Crippen molar-refractivity contribution in [2.24, 2.45) is 0 Å². The Balaban J connectivity index is 1.71. The van der Waals surface area contributed by atoms with Crippen LogP contribution in [0.4, 0.5) is 0 Å². The number of hydrogen-bond acceptors (Lipinski definition) is 0. The van der Waals surface area contributed by atoms with Crippen LogP contribution in [0, 0.1) is 0 Å². The lowest BCUT2D eigenvalue weighted by molar-refractivity contribution is 0.525. The first-order valence-electron chi connectivity index (χ1n) is 12.4. The summed E-state index contributed by atoms with van der Waals surface area (Å²) in [7, 11) is 0. The van der Waals surface area contributed by atoms with Crippen LogP contribution in [0.25, 0.3) is 0 Å². The van der Waals surface area contributed by atoms with E-state index < -0.39 is 0 Å². The second-order valence-corrected chi connectivity index (χ2v) is 8.56. The van der Waals surface area contributed by atoms with Crippen LogP contribution in [0.1, 0.15) is 136 Å². The van der Waals surface area contributed by atoms with Crippen molar-refractivity contribution in [1.82, 2.24) is 0 Å².